The Morgan fingerprint density at radius 3 is 2.69 bits per heavy atom. The minimum atomic E-state index is -0.970. The SMILES string of the molecule is COC(=O)C[C@@H](O)c1ccc(O)c(OC)c1. The summed E-state index contributed by atoms with van der Waals surface area (Å²) in [6.45, 7) is 0. The molecule has 0 saturated heterocycles. The molecule has 0 heterocycles. The van der Waals surface area contributed by atoms with E-state index in [-0.39, 0.29) is 17.9 Å². The largest absolute Gasteiger partial charge is 0.504 e. The fourth-order valence-corrected chi connectivity index (χ4v) is 1.26. The van der Waals surface area contributed by atoms with Crippen molar-refractivity contribution in [3.63, 3.8) is 0 Å². The van der Waals surface area contributed by atoms with Crippen molar-refractivity contribution in [3.05, 3.63) is 23.8 Å². The Bertz CT molecular complexity index is 375. The molecule has 16 heavy (non-hydrogen) atoms. The molecule has 0 saturated carbocycles. The summed E-state index contributed by atoms with van der Waals surface area (Å²) in [7, 11) is 2.66. The van der Waals surface area contributed by atoms with Crippen molar-refractivity contribution in [3.8, 4) is 11.5 Å². The lowest BCUT2D eigenvalue weighted by atomic mass is 10.1. The predicted octanol–water partition coefficient (Wildman–Crippen LogP) is 0.997. The highest BCUT2D eigenvalue weighted by atomic mass is 16.5. The maximum atomic E-state index is 11.0. The number of carbonyl (C=O) groups is 1. The number of phenolic OH excluding ortho intramolecular Hbond substituents is 1. The van der Waals surface area contributed by atoms with Crippen molar-refractivity contribution in [2.45, 2.75) is 12.5 Å². The number of phenols is 1. The molecule has 2 N–H and O–H groups in total. The normalized spacial score (nSPS) is 11.9. The van der Waals surface area contributed by atoms with Gasteiger partial charge < -0.3 is 19.7 Å². The second kappa shape index (κ2) is 5.37. The van der Waals surface area contributed by atoms with Crippen LogP contribution in [0, 0.1) is 0 Å². The topological polar surface area (TPSA) is 76.0 Å². The lowest BCUT2D eigenvalue weighted by Gasteiger charge is -2.11. The zero-order chi connectivity index (χ0) is 12.1. The van der Waals surface area contributed by atoms with Crippen LogP contribution in [0.15, 0.2) is 18.2 Å². The summed E-state index contributed by atoms with van der Waals surface area (Å²) in [5.41, 5.74) is 0.486. The summed E-state index contributed by atoms with van der Waals surface area (Å²) >= 11 is 0. The van der Waals surface area contributed by atoms with Crippen LogP contribution in [0.2, 0.25) is 0 Å². The van der Waals surface area contributed by atoms with Gasteiger partial charge in [-0.3, -0.25) is 4.79 Å². The van der Waals surface area contributed by atoms with Crippen LogP contribution >= 0.6 is 0 Å². The number of methoxy groups -OCH3 is 2. The molecule has 0 unspecified atom stereocenters. The standard InChI is InChI=1S/C11H14O5/c1-15-10-5-7(3-4-8(10)12)9(13)6-11(14)16-2/h3-5,9,12-13H,6H2,1-2H3/t9-/m1/s1. The average Bonchev–Trinajstić information content (AvgIpc) is 2.29. The minimum Gasteiger partial charge on any atom is -0.504 e. The van der Waals surface area contributed by atoms with E-state index >= 15 is 0 Å². The first kappa shape index (κ1) is 12.3. The smallest absolute Gasteiger partial charge is 0.308 e. The first-order chi connectivity index (χ1) is 7.58. The van der Waals surface area contributed by atoms with E-state index in [0.717, 1.165) is 0 Å². The van der Waals surface area contributed by atoms with E-state index in [1.807, 2.05) is 0 Å². The molecule has 5 nitrogen and oxygen atoms in total. The van der Waals surface area contributed by atoms with Crippen molar-refractivity contribution in [1.82, 2.24) is 0 Å². The number of carbonyl (C=O) groups excluding carboxylic acids is 1. The van der Waals surface area contributed by atoms with Gasteiger partial charge in [0, 0.05) is 0 Å². The number of esters is 1. The van der Waals surface area contributed by atoms with Crippen LogP contribution in [0.3, 0.4) is 0 Å². The van der Waals surface area contributed by atoms with Crippen LogP contribution < -0.4 is 4.74 Å². The van der Waals surface area contributed by atoms with E-state index in [1.165, 1.54) is 32.4 Å². The average molecular weight is 226 g/mol. The second-order valence-corrected chi connectivity index (χ2v) is 3.23. The van der Waals surface area contributed by atoms with Crippen molar-refractivity contribution in [1.29, 1.82) is 0 Å². The number of aliphatic hydroxyl groups excluding tert-OH is 1. The molecule has 0 spiro atoms. The summed E-state index contributed by atoms with van der Waals surface area (Å²) in [6, 6.07) is 4.39. The molecule has 0 aliphatic carbocycles. The molecule has 0 aromatic heterocycles. The molecule has 1 atom stereocenters. The molecule has 1 aromatic carbocycles. The van der Waals surface area contributed by atoms with Gasteiger partial charge in [-0.05, 0) is 17.7 Å². The molecule has 88 valence electrons. The molecular formula is C11H14O5. The molecule has 1 aromatic rings. The van der Waals surface area contributed by atoms with Gasteiger partial charge in [-0.2, -0.15) is 0 Å². The van der Waals surface area contributed by atoms with Crippen molar-refractivity contribution < 1.29 is 24.5 Å². The van der Waals surface area contributed by atoms with Gasteiger partial charge in [-0.25, -0.2) is 0 Å². The molecular weight excluding hydrogens is 212 g/mol. The Balaban J connectivity index is 2.83. The maximum Gasteiger partial charge on any atom is 0.308 e. The summed E-state index contributed by atoms with van der Waals surface area (Å²) < 4.78 is 9.33. The van der Waals surface area contributed by atoms with Crippen LogP contribution in [-0.2, 0) is 9.53 Å². The van der Waals surface area contributed by atoms with Gasteiger partial charge in [0.25, 0.3) is 0 Å². The summed E-state index contributed by atoms with van der Waals surface area (Å²) in [6.07, 6.45) is -1.10. The second-order valence-electron chi connectivity index (χ2n) is 3.23. The van der Waals surface area contributed by atoms with Crippen LogP contribution in [0.25, 0.3) is 0 Å². The fourth-order valence-electron chi connectivity index (χ4n) is 1.26. The highest BCUT2D eigenvalue weighted by molar-refractivity contribution is 5.70. The zero-order valence-corrected chi connectivity index (χ0v) is 9.14. The molecule has 1 rings (SSSR count). The van der Waals surface area contributed by atoms with Gasteiger partial charge in [0.15, 0.2) is 11.5 Å². The summed E-state index contributed by atoms with van der Waals surface area (Å²) in [4.78, 5) is 11.0. The molecule has 0 aliphatic heterocycles. The summed E-state index contributed by atoms with van der Waals surface area (Å²) in [5, 5.41) is 19.0. The Hall–Kier alpha value is -1.75. The van der Waals surface area contributed by atoms with Gasteiger partial charge in [-0.15, -0.1) is 0 Å². The Labute approximate surface area is 93.2 Å². The van der Waals surface area contributed by atoms with Gasteiger partial charge in [0.2, 0.25) is 0 Å². The van der Waals surface area contributed by atoms with E-state index in [1.54, 1.807) is 0 Å². The highest BCUT2D eigenvalue weighted by Gasteiger charge is 2.15. The first-order valence-corrected chi connectivity index (χ1v) is 4.70. The number of aliphatic hydroxyl groups is 1. The molecule has 5 heteroatoms. The molecule has 0 fully saturated rings. The quantitative estimate of drug-likeness (QED) is 0.749. The molecule has 0 amide bonds. The number of hydrogen-bond donors (Lipinski definition) is 2. The van der Waals surface area contributed by atoms with E-state index < -0.39 is 12.1 Å². The van der Waals surface area contributed by atoms with Crippen molar-refractivity contribution in [2.75, 3.05) is 14.2 Å². The lowest BCUT2D eigenvalue weighted by Crippen LogP contribution is -2.08. The van der Waals surface area contributed by atoms with E-state index in [4.69, 9.17) is 4.74 Å². The number of ether oxygens (including phenoxy) is 2. The fraction of sp³-hybridized carbons (Fsp3) is 0.364. The highest BCUT2D eigenvalue weighted by Crippen LogP contribution is 2.29. The Morgan fingerprint density at radius 1 is 1.44 bits per heavy atom. The van der Waals surface area contributed by atoms with Crippen LogP contribution in [-0.4, -0.2) is 30.4 Å². The maximum absolute atomic E-state index is 11.0. The number of benzene rings is 1. The van der Waals surface area contributed by atoms with Crippen molar-refractivity contribution >= 4 is 5.97 Å². The van der Waals surface area contributed by atoms with Gasteiger partial charge in [0.05, 0.1) is 26.7 Å². The zero-order valence-electron chi connectivity index (χ0n) is 9.14. The lowest BCUT2D eigenvalue weighted by molar-refractivity contribution is -0.142. The van der Waals surface area contributed by atoms with E-state index in [0.29, 0.717) is 5.56 Å². The molecule has 0 aliphatic rings. The van der Waals surface area contributed by atoms with E-state index in [2.05, 4.69) is 4.74 Å². The third-order valence-corrected chi connectivity index (χ3v) is 2.18. The monoisotopic (exact) mass is 226 g/mol. The number of rotatable bonds is 4. The number of hydrogen-bond acceptors (Lipinski definition) is 5. The number of aromatic hydroxyl groups is 1. The third-order valence-electron chi connectivity index (χ3n) is 2.18. The Morgan fingerprint density at radius 2 is 2.12 bits per heavy atom. The molecule has 0 radical (unpaired) electrons. The summed E-state index contributed by atoms with van der Waals surface area (Å²) in [5.74, 6) is -0.266. The van der Waals surface area contributed by atoms with Gasteiger partial charge in [-0.1, -0.05) is 6.07 Å². The third kappa shape index (κ3) is 2.87. The minimum absolute atomic E-state index is 0.0171. The van der Waals surface area contributed by atoms with Crippen LogP contribution in [0.1, 0.15) is 18.1 Å². The molecule has 0 bridgehead atoms. The van der Waals surface area contributed by atoms with Crippen LogP contribution in [0.5, 0.6) is 11.5 Å². The predicted molar refractivity (Wildman–Crippen MR) is 56.3 cm³/mol. The first-order valence-electron chi connectivity index (χ1n) is 4.70. The van der Waals surface area contributed by atoms with Gasteiger partial charge >= 0.3 is 5.97 Å². The van der Waals surface area contributed by atoms with Crippen LogP contribution in [0.4, 0.5) is 0 Å². The Kier molecular flexibility index (Phi) is 4.13. The van der Waals surface area contributed by atoms with Crippen molar-refractivity contribution in [2.24, 2.45) is 0 Å². The van der Waals surface area contributed by atoms with E-state index in [9.17, 15) is 15.0 Å². The van der Waals surface area contributed by atoms with Gasteiger partial charge in [0.1, 0.15) is 0 Å².